The van der Waals surface area contributed by atoms with E-state index in [1.165, 1.54) is 0 Å². The van der Waals surface area contributed by atoms with Crippen LogP contribution in [0.2, 0.25) is 0 Å². The zero-order chi connectivity index (χ0) is 14.5. The van der Waals surface area contributed by atoms with E-state index < -0.39 is 0 Å². The standard InChI is InChI=1S/C16H12BrN3Se/c17-14-8-6-13(7-9-14)15-11-21-16(19-15)20-18-10-12-4-2-1-3-5-12/h1-11H,(H,19,20)/b18-10-. The molecular formula is C16H12BrN3Se. The molecule has 0 aliphatic rings. The molecule has 3 rings (SSSR count). The van der Waals surface area contributed by atoms with Gasteiger partial charge in [0, 0.05) is 0 Å². The number of hydrogen-bond donors (Lipinski definition) is 1. The fourth-order valence-corrected chi connectivity index (χ4v) is 3.45. The second-order valence-corrected chi connectivity index (χ2v) is 7.04. The molecule has 0 unspecified atom stereocenters. The Morgan fingerprint density at radius 3 is 2.57 bits per heavy atom. The van der Waals surface area contributed by atoms with Gasteiger partial charge in [0.2, 0.25) is 0 Å². The van der Waals surface area contributed by atoms with Crippen LogP contribution in [0.1, 0.15) is 5.56 Å². The van der Waals surface area contributed by atoms with Gasteiger partial charge in [-0.15, -0.1) is 0 Å². The zero-order valence-electron chi connectivity index (χ0n) is 11.0. The molecule has 3 nitrogen and oxygen atoms in total. The molecule has 0 bridgehead atoms. The van der Waals surface area contributed by atoms with Crippen LogP contribution in [0.25, 0.3) is 11.3 Å². The van der Waals surface area contributed by atoms with E-state index in [4.69, 9.17) is 0 Å². The summed E-state index contributed by atoms with van der Waals surface area (Å²) in [6.45, 7) is 0. The monoisotopic (exact) mass is 405 g/mol. The zero-order valence-corrected chi connectivity index (χ0v) is 14.3. The minimum atomic E-state index is 0.205. The Labute approximate surface area is 137 Å². The summed E-state index contributed by atoms with van der Waals surface area (Å²) in [6, 6.07) is 18.2. The van der Waals surface area contributed by atoms with Gasteiger partial charge in [-0.3, -0.25) is 0 Å². The molecule has 0 aliphatic heterocycles. The number of nitrogens with zero attached hydrogens (tertiary/aromatic N) is 2. The summed E-state index contributed by atoms with van der Waals surface area (Å²) in [7, 11) is 0. The Kier molecular flexibility index (Phi) is 4.65. The molecule has 0 atom stereocenters. The Morgan fingerprint density at radius 2 is 1.81 bits per heavy atom. The molecule has 0 spiro atoms. The van der Waals surface area contributed by atoms with Gasteiger partial charge in [0.15, 0.2) is 0 Å². The second-order valence-electron chi connectivity index (χ2n) is 4.33. The third-order valence-electron chi connectivity index (χ3n) is 2.82. The van der Waals surface area contributed by atoms with Crippen molar-refractivity contribution in [1.82, 2.24) is 4.98 Å². The summed E-state index contributed by atoms with van der Waals surface area (Å²) < 4.78 is 2.00. The molecule has 0 aliphatic carbocycles. The van der Waals surface area contributed by atoms with Crippen molar-refractivity contribution in [2.45, 2.75) is 0 Å². The van der Waals surface area contributed by atoms with Crippen LogP contribution in [0, 0.1) is 0 Å². The normalized spacial score (nSPS) is 10.9. The van der Waals surface area contributed by atoms with Crippen molar-refractivity contribution < 1.29 is 0 Å². The van der Waals surface area contributed by atoms with Crippen molar-refractivity contribution in [2.75, 3.05) is 5.43 Å². The van der Waals surface area contributed by atoms with Crippen LogP contribution in [0.3, 0.4) is 0 Å². The Morgan fingerprint density at radius 1 is 1.05 bits per heavy atom. The summed E-state index contributed by atoms with van der Waals surface area (Å²) in [5, 5.41) is 4.23. The van der Waals surface area contributed by atoms with Gasteiger partial charge in [0.25, 0.3) is 0 Å². The molecule has 1 heterocycles. The second kappa shape index (κ2) is 6.85. The fraction of sp³-hybridized carbons (Fsp3) is 0. The minimum absolute atomic E-state index is 0.205. The van der Waals surface area contributed by atoms with E-state index in [1.807, 2.05) is 42.5 Å². The number of benzene rings is 2. The molecule has 104 valence electrons. The van der Waals surface area contributed by atoms with Gasteiger partial charge in [-0.1, -0.05) is 0 Å². The first kappa shape index (κ1) is 14.3. The third-order valence-corrected chi connectivity index (χ3v) is 4.91. The van der Waals surface area contributed by atoms with Crippen LogP contribution in [-0.4, -0.2) is 25.7 Å². The Hall–Kier alpha value is -1.68. The first-order valence-corrected chi connectivity index (χ1v) is 9.01. The van der Waals surface area contributed by atoms with Gasteiger partial charge in [0.05, 0.1) is 0 Å². The summed E-state index contributed by atoms with van der Waals surface area (Å²) in [5.74, 6) is 0. The number of halogens is 1. The quantitative estimate of drug-likeness (QED) is 0.405. The van der Waals surface area contributed by atoms with Gasteiger partial charge in [-0.05, 0) is 0 Å². The van der Waals surface area contributed by atoms with E-state index in [0.29, 0.717) is 0 Å². The maximum atomic E-state index is 4.58. The van der Waals surface area contributed by atoms with Crippen molar-refractivity contribution in [3.05, 3.63) is 69.6 Å². The number of anilines is 1. The van der Waals surface area contributed by atoms with Crippen LogP contribution in [0.15, 0.2) is 69.1 Å². The van der Waals surface area contributed by atoms with Crippen molar-refractivity contribution >= 4 is 41.3 Å². The molecular weight excluding hydrogens is 393 g/mol. The third kappa shape index (κ3) is 3.91. The van der Waals surface area contributed by atoms with E-state index in [1.54, 1.807) is 6.21 Å². The topological polar surface area (TPSA) is 37.3 Å². The summed E-state index contributed by atoms with van der Waals surface area (Å²) >= 11 is 3.64. The Bertz CT molecular complexity index is 736. The van der Waals surface area contributed by atoms with Crippen LogP contribution >= 0.6 is 15.9 Å². The van der Waals surface area contributed by atoms with Crippen molar-refractivity contribution in [3.63, 3.8) is 0 Å². The van der Waals surface area contributed by atoms with Crippen molar-refractivity contribution in [2.24, 2.45) is 5.10 Å². The molecule has 5 heteroatoms. The van der Waals surface area contributed by atoms with Gasteiger partial charge in [-0.2, -0.15) is 0 Å². The molecule has 21 heavy (non-hydrogen) atoms. The fourth-order valence-electron chi connectivity index (χ4n) is 1.78. The molecule has 0 radical (unpaired) electrons. The number of aromatic nitrogens is 1. The first-order chi connectivity index (χ1) is 10.3. The molecule has 2 aromatic carbocycles. The van der Waals surface area contributed by atoms with Crippen LogP contribution in [0.4, 0.5) is 4.69 Å². The van der Waals surface area contributed by atoms with Crippen LogP contribution in [-0.2, 0) is 0 Å². The van der Waals surface area contributed by atoms with Crippen molar-refractivity contribution in [3.8, 4) is 11.3 Å². The molecule has 0 saturated carbocycles. The molecule has 0 saturated heterocycles. The van der Waals surface area contributed by atoms with Crippen molar-refractivity contribution in [1.29, 1.82) is 0 Å². The summed E-state index contributed by atoms with van der Waals surface area (Å²) in [4.78, 5) is 6.75. The Balaban J connectivity index is 1.68. The predicted molar refractivity (Wildman–Crippen MR) is 92.0 cm³/mol. The van der Waals surface area contributed by atoms with Gasteiger partial charge in [-0.25, -0.2) is 0 Å². The average molecular weight is 405 g/mol. The summed E-state index contributed by atoms with van der Waals surface area (Å²) in [5.41, 5.74) is 6.24. The first-order valence-electron chi connectivity index (χ1n) is 6.37. The van der Waals surface area contributed by atoms with Gasteiger partial charge < -0.3 is 0 Å². The van der Waals surface area contributed by atoms with Crippen LogP contribution in [0.5, 0.6) is 0 Å². The number of rotatable bonds is 4. The predicted octanol–water partition coefficient (Wildman–Crippen LogP) is 4.01. The van der Waals surface area contributed by atoms with E-state index in [-0.39, 0.29) is 14.5 Å². The molecule has 0 fully saturated rings. The van der Waals surface area contributed by atoms with E-state index in [9.17, 15) is 0 Å². The van der Waals surface area contributed by atoms with Gasteiger partial charge in [0.1, 0.15) is 0 Å². The van der Waals surface area contributed by atoms with Crippen LogP contribution < -0.4 is 5.43 Å². The number of hydrazone groups is 1. The molecule has 0 amide bonds. The van der Waals surface area contributed by atoms with E-state index in [2.05, 4.69) is 48.5 Å². The molecule has 1 aromatic heterocycles. The SMILES string of the molecule is Brc1ccc(-c2c[se]c(N/N=C\c3ccccc3)n2)cc1. The number of nitrogens with one attached hydrogen (secondary N) is 1. The molecule has 3 aromatic rings. The molecule has 1 N–H and O–H groups in total. The number of hydrogen-bond acceptors (Lipinski definition) is 3. The van der Waals surface area contributed by atoms with E-state index in [0.717, 1.165) is 26.0 Å². The van der Waals surface area contributed by atoms with E-state index >= 15 is 0 Å². The van der Waals surface area contributed by atoms with Gasteiger partial charge >= 0.3 is 138 Å². The summed E-state index contributed by atoms with van der Waals surface area (Å²) in [6.07, 6.45) is 1.80. The maximum absolute atomic E-state index is 4.58. The average Bonchev–Trinajstić information content (AvgIpc) is 2.98.